The maximum atomic E-state index is 11.7. The first kappa shape index (κ1) is 19.3. The number of benzene rings is 1. The van der Waals surface area contributed by atoms with E-state index in [-0.39, 0.29) is 5.75 Å². The van der Waals surface area contributed by atoms with E-state index in [4.69, 9.17) is 12.2 Å². The van der Waals surface area contributed by atoms with Gasteiger partial charge in [-0.3, -0.25) is 5.43 Å². The lowest BCUT2D eigenvalue weighted by atomic mass is 10.2. The van der Waals surface area contributed by atoms with Crippen LogP contribution in [-0.4, -0.2) is 32.0 Å². The van der Waals surface area contributed by atoms with Gasteiger partial charge in [0.15, 0.2) is 14.9 Å². The Balaban J connectivity index is 2.49. The summed E-state index contributed by atoms with van der Waals surface area (Å²) in [6, 6.07) is 6.74. The average molecular weight is 354 g/mol. The summed E-state index contributed by atoms with van der Waals surface area (Å²) in [5.74, 6) is 0.615. The molecule has 0 heterocycles. The van der Waals surface area contributed by atoms with Crippen LogP contribution in [0.2, 0.25) is 0 Å². The number of nitrogens with one attached hydrogen (secondary N) is 2. The Bertz CT molecular complexity index is 663. The standard InChI is InChI=1S/C16H23N3O2S2/c1-4-23(20,21)15-9-7-14(8-10-15)6-5-11-18-19-16(22)17-12-13(2)3/h5-11,13H,4,12H2,1-3H3,(H2,17,19,22)/b6-5+,18-11+. The first-order valence-corrected chi connectivity index (χ1v) is 9.47. The molecule has 0 fully saturated rings. The number of nitrogens with zero attached hydrogens (tertiary/aromatic N) is 1. The molecule has 0 aromatic heterocycles. The van der Waals surface area contributed by atoms with E-state index in [9.17, 15) is 8.42 Å². The fourth-order valence-electron chi connectivity index (χ4n) is 1.58. The van der Waals surface area contributed by atoms with Gasteiger partial charge in [-0.05, 0) is 41.9 Å². The van der Waals surface area contributed by atoms with Gasteiger partial charge in [0.1, 0.15) is 0 Å². The molecule has 0 aliphatic carbocycles. The molecule has 0 saturated heterocycles. The van der Waals surface area contributed by atoms with E-state index in [1.165, 1.54) is 0 Å². The van der Waals surface area contributed by atoms with Gasteiger partial charge in [0.25, 0.3) is 0 Å². The van der Waals surface area contributed by atoms with Crippen molar-refractivity contribution in [3.05, 3.63) is 35.9 Å². The van der Waals surface area contributed by atoms with Crippen molar-refractivity contribution < 1.29 is 8.42 Å². The molecule has 23 heavy (non-hydrogen) atoms. The van der Waals surface area contributed by atoms with Gasteiger partial charge in [0.2, 0.25) is 0 Å². The van der Waals surface area contributed by atoms with E-state index >= 15 is 0 Å². The van der Waals surface area contributed by atoms with Gasteiger partial charge in [-0.1, -0.05) is 39.0 Å². The van der Waals surface area contributed by atoms with Gasteiger partial charge >= 0.3 is 0 Å². The number of hydrogen-bond donors (Lipinski definition) is 2. The van der Waals surface area contributed by atoms with Crippen LogP contribution in [0.5, 0.6) is 0 Å². The minimum Gasteiger partial charge on any atom is -0.361 e. The van der Waals surface area contributed by atoms with E-state index in [0.717, 1.165) is 12.1 Å². The van der Waals surface area contributed by atoms with Crippen LogP contribution in [0.4, 0.5) is 0 Å². The van der Waals surface area contributed by atoms with Crippen molar-refractivity contribution >= 4 is 39.5 Å². The summed E-state index contributed by atoms with van der Waals surface area (Å²) in [5, 5.41) is 7.50. The quantitative estimate of drug-likeness (QED) is 0.448. The van der Waals surface area contributed by atoms with Crippen LogP contribution >= 0.6 is 12.2 Å². The molecule has 1 aromatic rings. The molecule has 1 aromatic carbocycles. The van der Waals surface area contributed by atoms with E-state index in [1.807, 2.05) is 6.08 Å². The number of hydrazone groups is 1. The zero-order valence-corrected chi connectivity index (χ0v) is 15.2. The van der Waals surface area contributed by atoms with Crippen LogP contribution in [0.15, 0.2) is 40.3 Å². The number of allylic oxidation sites excluding steroid dienone is 1. The van der Waals surface area contributed by atoms with Crippen molar-refractivity contribution in [3.63, 3.8) is 0 Å². The predicted molar refractivity (Wildman–Crippen MR) is 100 cm³/mol. The molecule has 0 aliphatic rings. The zero-order valence-electron chi connectivity index (χ0n) is 13.6. The lowest BCUT2D eigenvalue weighted by Gasteiger charge is -2.08. The molecule has 0 bridgehead atoms. The minimum absolute atomic E-state index is 0.102. The van der Waals surface area contributed by atoms with Crippen molar-refractivity contribution in [2.45, 2.75) is 25.7 Å². The summed E-state index contributed by atoms with van der Waals surface area (Å²) >= 11 is 5.06. The van der Waals surface area contributed by atoms with Gasteiger partial charge in [0.05, 0.1) is 10.6 Å². The summed E-state index contributed by atoms with van der Waals surface area (Å²) < 4.78 is 23.4. The Hall–Kier alpha value is -1.73. The molecule has 0 saturated carbocycles. The van der Waals surface area contributed by atoms with E-state index in [1.54, 1.807) is 43.5 Å². The molecular weight excluding hydrogens is 330 g/mol. The van der Waals surface area contributed by atoms with Crippen LogP contribution in [0.25, 0.3) is 6.08 Å². The molecule has 5 nitrogen and oxygen atoms in total. The smallest absolute Gasteiger partial charge is 0.186 e. The highest BCUT2D eigenvalue weighted by Crippen LogP contribution is 2.12. The fourth-order valence-corrected chi connectivity index (χ4v) is 2.60. The summed E-state index contributed by atoms with van der Waals surface area (Å²) in [7, 11) is -3.15. The fraction of sp³-hybridized carbons (Fsp3) is 0.375. The van der Waals surface area contributed by atoms with Gasteiger partial charge in [-0.15, -0.1) is 0 Å². The van der Waals surface area contributed by atoms with Gasteiger partial charge in [-0.25, -0.2) is 8.42 Å². The number of sulfone groups is 1. The molecule has 0 aliphatic heterocycles. The van der Waals surface area contributed by atoms with Crippen LogP contribution in [0.3, 0.4) is 0 Å². The molecule has 7 heteroatoms. The summed E-state index contributed by atoms with van der Waals surface area (Å²) in [6.07, 6.45) is 5.17. The Kier molecular flexibility index (Phi) is 7.91. The Labute approximate surface area is 143 Å². The highest BCUT2D eigenvalue weighted by atomic mass is 32.2. The van der Waals surface area contributed by atoms with Crippen molar-refractivity contribution in [3.8, 4) is 0 Å². The Morgan fingerprint density at radius 1 is 1.30 bits per heavy atom. The van der Waals surface area contributed by atoms with E-state index < -0.39 is 9.84 Å². The average Bonchev–Trinajstić information content (AvgIpc) is 2.53. The molecule has 0 atom stereocenters. The number of thiocarbonyl (C=S) groups is 1. The van der Waals surface area contributed by atoms with Gasteiger partial charge in [0, 0.05) is 12.8 Å². The van der Waals surface area contributed by atoms with Gasteiger partial charge < -0.3 is 5.32 Å². The van der Waals surface area contributed by atoms with Crippen LogP contribution < -0.4 is 10.7 Å². The second kappa shape index (κ2) is 9.42. The maximum Gasteiger partial charge on any atom is 0.186 e. The number of hydrogen-bond acceptors (Lipinski definition) is 4. The molecule has 0 spiro atoms. The highest BCUT2D eigenvalue weighted by molar-refractivity contribution is 7.91. The maximum absolute atomic E-state index is 11.7. The third-order valence-corrected chi connectivity index (χ3v) is 4.89. The number of rotatable bonds is 7. The van der Waals surface area contributed by atoms with E-state index in [0.29, 0.717) is 15.9 Å². The van der Waals surface area contributed by atoms with Crippen molar-refractivity contribution in [2.24, 2.45) is 11.0 Å². The zero-order chi connectivity index (χ0) is 17.3. The van der Waals surface area contributed by atoms with Crippen molar-refractivity contribution in [1.82, 2.24) is 10.7 Å². The molecule has 1 rings (SSSR count). The molecule has 0 unspecified atom stereocenters. The van der Waals surface area contributed by atoms with Crippen LogP contribution in [0.1, 0.15) is 26.3 Å². The third kappa shape index (κ3) is 7.38. The second-order valence-electron chi connectivity index (χ2n) is 5.33. The molecule has 0 radical (unpaired) electrons. The topological polar surface area (TPSA) is 70.6 Å². The van der Waals surface area contributed by atoms with Crippen molar-refractivity contribution in [2.75, 3.05) is 12.3 Å². The Morgan fingerprint density at radius 2 is 1.96 bits per heavy atom. The molecule has 126 valence electrons. The molecule has 0 amide bonds. The minimum atomic E-state index is -3.15. The first-order chi connectivity index (χ1) is 10.8. The molecule has 2 N–H and O–H groups in total. The normalized spacial score (nSPS) is 12.2. The van der Waals surface area contributed by atoms with Crippen LogP contribution in [-0.2, 0) is 9.84 Å². The van der Waals surface area contributed by atoms with Crippen LogP contribution in [0, 0.1) is 5.92 Å². The SMILES string of the molecule is CCS(=O)(=O)c1ccc(/C=C/C=N/NC(=S)NCC(C)C)cc1. The molecular formula is C16H23N3O2S2. The third-order valence-electron chi connectivity index (χ3n) is 2.91. The lowest BCUT2D eigenvalue weighted by molar-refractivity contribution is 0.597. The van der Waals surface area contributed by atoms with E-state index in [2.05, 4.69) is 29.7 Å². The predicted octanol–water partition coefficient (Wildman–Crippen LogP) is 2.60. The monoisotopic (exact) mass is 353 g/mol. The summed E-state index contributed by atoms with van der Waals surface area (Å²) in [5.41, 5.74) is 3.62. The second-order valence-corrected chi connectivity index (χ2v) is 8.01. The lowest BCUT2D eigenvalue weighted by Crippen LogP contribution is -2.34. The van der Waals surface area contributed by atoms with Gasteiger partial charge in [-0.2, -0.15) is 5.10 Å². The highest BCUT2D eigenvalue weighted by Gasteiger charge is 2.09. The summed E-state index contributed by atoms with van der Waals surface area (Å²) in [4.78, 5) is 0.342. The first-order valence-electron chi connectivity index (χ1n) is 7.41. The van der Waals surface area contributed by atoms with Crippen molar-refractivity contribution in [1.29, 1.82) is 0 Å². The largest absolute Gasteiger partial charge is 0.361 e. The summed E-state index contributed by atoms with van der Waals surface area (Å²) in [6.45, 7) is 6.62. The Morgan fingerprint density at radius 3 is 2.52 bits per heavy atom.